The molecule has 2 aliphatic rings. The predicted octanol–water partition coefficient (Wildman–Crippen LogP) is 3.05. The number of nitrogens with zero attached hydrogens (tertiary/aromatic N) is 2. The Morgan fingerprint density at radius 3 is 1.34 bits per heavy atom. The zero-order valence-electron chi connectivity index (χ0n) is 21.1. The molecule has 0 atom stereocenters. The summed E-state index contributed by atoms with van der Waals surface area (Å²) in [7, 11) is -7.39. The Labute approximate surface area is 223 Å². The third kappa shape index (κ3) is 6.60. The van der Waals surface area contributed by atoms with E-state index in [4.69, 9.17) is 9.47 Å². The summed E-state index contributed by atoms with van der Waals surface area (Å²) in [5.74, 6) is -1.49. The van der Waals surface area contributed by atoms with Gasteiger partial charge < -0.3 is 9.47 Å². The molecule has 2 aliphatic heterocycles. The van der Waals surface area contributed by atoms with Crippen molar-refractivity contribution in [1.29, 1.82) is 0 Å². The van der Waals surface area contributed by atoms with E-state index in [9.17, 15) is 26.4 Å². The third-order valence-electron chi connectivity index (χ3n) is 6.59. The van der Waals surface area contributed by atoms with Gasteiger partial charge in [0.1, 0.15) is 13.2 Å². The summed E-state index contributed by atoms with van der Waals surface area (Å²) >= 11 is 0. The summed E-state index contributed by atoms with van der Waals surface area (Å²) in [6, 6.07) is 11.3. The molecule has 0 bridgehead atoms. The van der Waals surface area contributed by atoms with Crippen LogP contribution in [0.3, 0.4) is 0 Å². The van der Waals surface area contributed by atoms with Crippen LogP contribution in [-0.4, -0.2) is 76.8 Å². The van der Waals surface area contributed by atoms with Crippen LogP contribution < -0.4 is 0 Å². The number of carbonyl (C=O) groups excluding carboxylic acids is 2. The van der Waals surface area contributed by atoms with Crippen molar-refractivity contribution < 1.29 is 35.9 Å². The summed E-state index contributed by atoms with van der Waals surface area (Å²) in [6.45, 7) is 1.31. The minimum atomic E-state index is -3.70. The Bertz CT molecular complexity index is 1260. The Balaban J connectivity index is 1.31. The van der Waals surface area contributed by atoms with Crippen molar-refractivity contribution in [2.24, 2.45) is 0 Å². The number of sulfonamides is 2. The van der Waals surface area contributed by atoms with Crippen LogP contribution in [0.5, 0.6) is 0 Å². The molecule has 2 saturated heterocycles. The lowest BCUT2D eigenvalue weighted by atomic mass is 10.2. The minimum absolute atomic E-state index is 0.0275. The van der Waals surface area contributed by atoms with Crippen LogP contribution in [-0.2, 0) is 29.5 Å². The number of hydrogen-bond donors (Lipinski definition) is 0. The molecule has 0 unspecified atom stereocenters. The molecule has 12 heteroatoms. The highest BCUT2D eigenvalue weighted by atomic mass is 32.2. The van der Waals surface area contributed by atoms with Crippen molar-refractivity contribution in [3.05, 3.63) is 59.7 Å². The van der Waals surface area contributed by atoms with Gasteiger partial charge in [-0.15, -0.1) is 0 Å². The molecule has 206 valence electrons. The van der Waals surface area contributed by atoms with Crippen molar-refractivity contribution in [1.82, 2.24) is 8.61 Å². The van der Waals surface area contributed by atoms with E-state index in [-0.39, 0.29) is 34.1 Å². The summed E-state index contributed by atoms with van der Waals surface area (Å²) in [5.41, 5.74) is 0.148. The molecule has 38 heavy (non-hydrogen) atoms. The van der Waals surface area contributed by atoms with Crippen molar-refractivity contribution in [2.45, 2.75) is 48.3 Å². The number of benzene rings is 2. The van der Waals surface area contributed by atoms with Gasteiger partial charge in [-0.2, -0.15) is 8.61 Å². The lowest BCUT2D eigenvalue weighted by Crippen LogP contribution is -2.35. The highest BCUT2D eigenvalue weighted by molar-refractivity contribution is 7.89. The average molecular weight is 565 g/mol. The van der Waals surface area contributed by atoms with Crippen LogP contribution in [0.15, 0.2) is 58.3 Å². The second kappa shape index (κ2) is 12.4. The van der Waals surface area contributed by atoms with Crippen LogP contribution in [0.4, 0.5) is 0 Å². The fraction of sp³-hybridized carbons (Fsp3) is 0.462. The first-order chi connectivity index (χ1) is 18.2. The molecule has 0 saturated carbocycles. The highest BCUT2D eigenvalue weighted by Crippen LogP contribution is 2.23. The van der Waals surface area contributed by atoms with E-state index in [1.54, 1.807) is 0 Å². The Kier molecular flexibility index (Phi) is 9.19. The van der Waals surface area contributed by atoms with Crippen LogP contribution in [0.1, 0.15) is 59.2 Å². The molecule has 0 aliphatic carbocycles. The van der Waals surface area contributed by atoms with E-state index in [2.05, 4.69) is 0 Å². The van der Waals surface area contributed by atoms with Crippen LogP contribution in [0, 0.1) is 0 Å². The zero-order valence-corrected chi connectivity index (χ0v) is 22.7. The largest absolute Gasteiger partial charge is 0.458 e. The summed E-state index contributed by atoms with van der Waals surface area (Å²) < 4.78 is 64.7. The van der Waals surface area contributed by atoms with Crippen LogP contribution in [0.2, 0.25) is 0 Å². The lowest BCUT2D eigenvalue weighted by molar-refractivity contribution is 0.0265. The molecule has 2 aromatic carbocycles. The number of carbonyl (C=O) groups is 2. The first kappa shape index (κ1) is 28.2. The predicted molar refractivity (Wildman–Crippen MR) is 139 cm³/mol. The second-order valence-electron chi connectivity index (χ2n) is 9.26. The average Bonchev–Trinajstić information content (AvgIpc) is 2.96. The van der Waals surface area contributed by atoms with Gasteiger partial charge in [0.15, 0.2) is 0 Å². The number of piperidine rings is 2. The molecule has 0 radical (unpaired) electrons. The first-order valence-corrected chi connectivity index (χ1v) is 15.6. The van der Waals surface area contributed by atoms with E-state index >= 15 is 0 Å². The molecule has 0 aromatic heterocycles. The molecule has 2 fully saturated rings. The van der Waals surface area contributed by atoms with Gasteiger partial charge in [-0.05, 0) is 62.1 Å². The first-order valence-electron chi connectivity index (χ1n) is 12.7. The smallest absolute Gasteiger partial charge is 0.338 e. The summed E-state index contributed by atoms with van der Waals surface area (Å²) in [4.78, 5) is 25.0. The molecular weight excluding hydrogens is 532 g/mol. The zero-order chi connectivity index (χ0) is 27.2. The van der Waals surface area contributed by atoms with Crippen molar-refractivity contribution >= 4 is 32.0 Å². The quantitative estimate of drug-likeness (QED) is 0.336. The van der Waals surface area contributed by atoms with Gasteiger partial charge in [-0.3, -0.25) is 0 Å². The maximum atomic E-state index is 12.9. The molecule has 10 nitrogen and oxygen atoms in total. The van der Waals surface area contributed by atoms with Crippen molar-refractivity contribution in [3.8, 4) is 0 Å². The standard InChI is InChI=1S/C26H32N2O8S2/c29-25(21-9-7-11-23(19-21)37(31,32)27-13-3-1-4-14-27)35-17-18-36-26(30)22-10-8-12-24(20-22)38(33,34)28-15-5-2-6-16-28/h7-12,19-20H,1-6,13-18H2. The number of esters is 2. The van der Waals surface area contributed by atoms with Crippen molar-refractivity contribution in [3.63, 3.8) is 0 Å². The molecular formula is C26H32N2O8S2. The monoisotopic (exact) mass is 564 g/mol. The minimum Gasteiger partial charge on any atom is -0.458 e. The van der Waals surface area contributed by atoms with Gasteiger partial charge >= 0.3 is 11.9 Å². The number of hydrogen-bond acceptors (Lipinski definition) is 8. The molecule has 0 spiro atoms. The second-order valence-corrected chi connectivity index (χ2v) is 13.1. The van der Waals surface area contributed by atoms with E-state index in [0.717, 1.165) is 38.5 Å². The summed E-state index contributed by atoms with van der Waals surface area (Å²) in [6.07, 6.45) is 5.20. The number of rotatable bonds is 9. The third-order valence-corrected chi connectivity index (χ3v) is 10.4. The maximum absolute atomic E-state index is 12.9. The Morgan fingerprint density at radius 1 is 0.605 bits per heavy atom. The van der Waals surface area contributed by atoms with Gasteiger partial charge in [0.05, 0.1) is 20.9 Å². The van der Waals surface area contributed by atoms with E-state index in [0.29, 0.717) is 26.2 Å². The van der Waals surface area contributed by atoms with Crippen LogP contribution >= 0.6 is 0 Å². The van der Waals surface area contributed by atoms with Gasteiger partial charge in [0.2, 0.25) is 20.0 Å². The fourth-order valence-electron chi connectivity index (χ4n) is 4.51. The van der Waals surface area contributed by atoms with E-state index < -0.39 is 32.0 Å². The molecule has 2 heterocycles. The van der Waals surface area contributed by atoms with Gasteiger partial charge in [0, 0.05) is 26.2 Å². The van der Waals surface area contributed by atoms with Gasteiger partial charge in [-0.1, -0.05) is 25.0 Å². The Hall–Kier alpha value is -2.80. The highest BCUT2D eigenvalue weighted by Gasteiger charge is 2.28. The fourth-order valence-corrected chi connectivity index (χ4v) is 7.64. The molecule has 0 N–H and O–H groups in total. The maximum Gasteiger partial charge on any atom is 0.338 e. The van der Waals surface area contributed by atoms with Crippen LogP contribution in [0.25, 0.3) is 0 Å². The number of ether oxygens (including phenoxy) is 2. The topological polar surface area (TPSA) is 127 Å². The van der Waals surface area contributed by atoms with Gasteiger partial charge in [0.25, 0.3) is 0 Å². The Morgan fingerprint density at radius 2 is 0.974 bits per heavy atom. The molecule has 0 amide bonds. The lowest BCUT2D eigenvalue weighted by Gasteiger charge is -2.26. The van der Waals surface area contributed by atoms with Crippen molar-refractivity contribution in [2.75, 3.05) is 39.4 Å². The normalized spacial score (nSPS) is 17.6. The van der Waals surface area contributed by atoms with E-state index in [1.807, 2.05) is 0 Å². The van der Waals surface area contributed by atoms with Gasteiger partial charge in [-0.25, -0.2) is 26.4 Å². The molecule has 4 rings (SSSR count). The summed E-state index contributed by atoms with van der Waals surface area (Å²) in [5, 5.41) is 0. The SMILES string of the molecule is O=C(OCCOC(=O)c1cccc(S(=O)(=O)N2CCCCC2)c1)c1cccc(S(=O)(=O)N2CCCCC2)c1. The molecule has 2 aromatic rings. The van der Waals surface area contributed by atoms with E-state index in [1.165, 1.54) is 57.1 Å².